The van der Waals surface area contributed by atoms with Gasteiger partial charge in [0.05, 0.1) is 13.2 Å². The molecule has 56 heavy (non-hydrogen) atoms. The highest BCUT2D eigenvalue weighted by atomic mass is 31.2. The molecular weight excluding hydrogens is 733 g/mol. The molecule has 3 atom stereocenters. The lowest BCUT2D eigenvalue weighted by Crippen LogP contribution is -2.43. The van der Waals surface area contributed by atoms with Gasteiger partial charge in [-0.25, -0.2) is 9.36 Å². The summed E-state index contributed by atoms with van der Waals surface area (Å²) in [5.74, 6) is -2.40. The number of phosphoric ester groups is 1. The first-order chi connectivity index (χ1) is 27.1. The number of hydrogen-bond acceptors (Lipinski definition) is 8. The van der Waals surface area contributed by atoms with E-state index in [-0.39, 0.29) is 12.8 Å². The summed E-state index contributed by atoms with van der Waals surface area (Å²) in [6.07, 6.45) is 42.7. The maximum absolute atomic E-state index is 12.3. The van der Waals surface area contributed by atoms with Gasteiger partial charge in [-0.05, 0) is 70.6 Å². The normalized spacial score (nSPS) is 14.2. The molecule has 0 spiro atoms. The Labute approximate surface area is 339 Å². The Morgan fingerprint density at radius 3 is 1.52 bits per heavy atom. The minimum Gasteiger partial charge on any atom is -0.480 e. The van der Waals surface area contributed by atoms with E-state index in [1.165, 1.54) is 57.8 Å². The first kappa shape index (κ1) is 53.4. The van der Waals surface area contributed by atoms with Crippen molar-refractivity contribution in [3.05, 3.63) is 48.6 Å². The molecule has 0 rings (SSSR count). The van der Waals surface area contributed by atoms with E-state index in [0.29, 0.717) is 12.8 Å². The van der Waals surface area contributed by atoms with Crippen LogP contribution in [0, 0.1) is 0 Å². The van der Waals surface area contributed by atoms with Gasteiger partial charge in [-0.1, -0.05) is 146 Å². The Morgan fingerprint density at radius 2 is 1.02 bits per heavy atom. The number of carbonyl (C=O) groups excluding carboxylic acids is 2. The summed E-state index contributed by atoms with van der Waals surface area (Å²) in [4.78, 5) is 45.9. The van der Waals surface area contributed by atoms with Crippen LogP contribution in [0.4, 0.5) is 0 Å². The summed E-state index contributed by atoms with van der Waals surface area (Å²) in [5, 5.41) is 21.8. The van der Waals surface area contributed by atoms with Gasteiger partial charge in [0.2, 0.25) is 5.91 Å². The van der Waals surface area contributed by atoms with Crippen LogP contribution < -0.4 is 5.32 Å². The molecule has 4 N–H and O–H groups in total. The molecule has 0 aromatic heterocycles. The molecule has 0 aliphatic rings. The summed E-state index contributed by atoms with van der Waals surface area (Å²) in [6.45, 7) is 2.48. The molecular formula is C44H78NO10P. The van der Waals surface area contributed by atoms with E-state index in [9.17, 15) is 34.1 Å². The minimum absolute atomic E-state index is 0.139. The lowest BCUT2D eigenvalue weighted by Gasteiger charge is -2.18. The van der Waals surface area contributed by atoms with Crippen LogP contribution in [0.2, 0.25) is 0 Å². The van der Waals surface area contributed by atoms with E-state index < -0.39 is 57.6 Å². The van der Waals surface area contributed by atoms with Crippen molar-refractivity contribution in [2.24, 2.45) is 0 Å². The van der Waals surface area contributed by atoms with Gasteiger partial charge in [-0.3, -0.25) is 18.6 Å². The van der Waals surface area contributed by atoms with Crippen molar-refractivity contribution in [1.82, 2.24) is 5.32 Å². The highest BCUT2D eigenvalue weighted by molar-refractivity contribution is 7.47. The highest BCUT2D eigenvalue weighted by Gasteiger charge is 2.28. The Balaban J connectivity index is 3.93. The zero-order valence-electron chi connectivity index (χ0n) is 34.9. The fraction of sp³-hybridized carbons (Fsp3) is 0.750. The molecule has 0 saturated carbocycles. The molecule has 0 aliphatic heterocycles. The van der Waals surface area contributed by atoms with E-state index in [0.717, 1.165) is 83.5 Å². The smallest absolute Gasteiger partial charge is 0.472 e. The summed E-state index contributed by atoms with van der Waals surface area (Å²) in [6, 6.07) is -1.55. The average molecular weight is 812 g/mol. The van der Waals surface area contributed by atoms with Gasteiger partial charge in [-0.15, -0.1) is 0 Å². The molecule has 11 nitrogen and oxygen atoms in total. The Hall–Kier alpha value is -2.56. The summed E-state index contributed by atoms with van der Waals surface area (Å²) in [7, 11) is -4.76. The molecule has 1 amide bonds. The molecule has 324 valence electrons. The first-order valence-electron chi connectivity index (χ1n) is 21.7. The van der Waals surface area contributed by atoms with E-state index in [2.05, 4.69) is 67.8 Å². The number of nitrogens with one attached hydrogen (secondary N) is 1. The van der Waals surface area contributed by atoms with Gasteiger partial charge in [-0.2, -0.15) is 0 Å². The summed E-state index contributed by atoms with van der Waals surface area (Å²) in [5.41, 5.74) is 0. The Kier molecular flexibility index (Phi) is 37.5. The number of unbranched alkanes of at least 4 members (excludes halogenated alkanes) is 18. The third-order valence-electron chi connectivity index (χ3n) is 9.07. The number of hydrogen-bond donors (Lipinski definition) is 4. The summed E-state index contributed by atoms with van der Waals surface area (Å²) < 4.78 is 26.8. The molecule has 0 aliphatic carbocycles. The van der Waals surface area contributed by atoms with Crippen LogP contribution in [-0.2, 0) is 32.7 Å². The van der Waals surface area contributed by atoms with E-state index in [1.54, 1.807) is 0 Å². The number of aliphatic hydroxyl groups is 1. The molecule has 0 aromatic rings. The first-order valence-corrected chi connectivity index (χ1v) is 23.2. The van der Waals surface area contributed by atoms with Crippen LogP contribution in [0.25, 0.3) is 0 Å². The van der Waals surface area contributed by atoms with Gasteiger partial charge in [0.15, 0.2) is 6.04 Å². The molecule has 3 unspecified atom stereocenters. The number of amides is 1. The zero-order valence-corrected chi connectivity index (χ0v) is 35.8. The number of carboxylic acids is 1. The largest absolute Gasteiger partial charge is 0.480 e. The van der Waals surface area contributed by atoms with Crippen molar-refractivity contribution in [2.45, 2.75) is 193 Å². The van der Waals surface area contributed by atoms with Gasteiger partial charge >= 0.3 is 19.8 Å². The van der Waals surface area contributed by atoms with Gasteiger partial charge in [0.1, 0.15) is 12.7 Å². The number of carboxylic acid groups (broad SMARTS) is 1. The topological polar surface area (TPSA) is 169 Å². The predicted octanol–water partition coefficient (Wildman–Crippen LogP) is 11.0. The van der Waals surface area contributed by atoms with Crippen LogP contribution in [-0.4, -0.2) is 64.9 Å². The number of rotatable bonds is 40. The Morgan fingerprint density at radius 1 is 0.571 bits per heavy atom. The van der Waals surface area contributed by atoms with Crippen LogP contribution in [0.15, 0.2) is 48.6 Å². The van der Waals surface area contributed by atoms with Crippen molar-refractivity contribution >= 4 is 25.7 Å². The van der Waals surface area contributed by atoms with Crippen molar-refractivity contribution in [3.8, 4) is 0 Å². The highest BCUT2D eigenvalue weighted by Crippen LogP contribution is 2.43. The number of carbonyl (C=O) groups is 3. The van der Waals surface area contributed by atoms with Crippen LogP contribution in [0.1, 0.15) is 181 Å². The lowest BCUT2D eigenvalue weighted by atomic mass is 10.1. The molecule has 0 radical (unpaired) electrons. The molecule has 0 heterocycles. The molecule has 0 aromatic carbocycles. The SMILES string of the molecule is CCC/C=C\C/C=C\CCCCCCCC(=O)OCC(O)COP(=O)(O)OCC(NC(=O)CCCCCCCCCCC/C=C\C/C=C\CCCCC)C(=O)O. The van der Waals surface area contributed by atoms with Gasteiger partial charge in [0.25, 0.3) is 0 Å². The fourth-order valence-electron chi connectivity index (χ4n) is 5.68. The van der Waals surface area contributed by atoms with Gasteiger partial charge in [0, 0.05) is 12.8 Å². The Bertz CT molecular complexity index is 1140. The number of allylic oxidation sites excluding steroid dienone is 8. The minimum atomic E-state index is -4.76. The zero-order chi connectivity index (χ0) is 41.4. The van der Waals surface area contributed by atoms with Crippen molar-refractivity contribution < 1.29 is 47.8 Å². The van der Waals surface area contributed by atoms with E-state index in [1.807, 2.05) is 0 Å². The molecule has 0 saturated heterocycles. The third-order valence-corrected chi connectivity index (χ3v) is 10.0. The molecule has 0 bridgehead atoms. The maximum Gasteiger partial charge on any atom is 0.472 e. The van der Waals surface area contributed by atoms with Crippen molar-refractivity contribution in [2.75, 3.05) is 19.8 Å². The quantitative estimate of drug-likeness (QED) is 0.0202. The van der Waals surface area contributed by atoms with Gasteiger partial charge < -0.3 is 25.2 Å². The van der Waals surface area contributed by atoms with Crippen molar-refractivity contribution in [1.29, 1.82) is 0 Å². The molecule has 0 fully saturated rings. The number of aliphatic carboxylic acids is 1. The van der Waals surface area contributed by atoms with Crippen LogP contribution >= 0.6 is 7.82 Å². The second-order valence-electron chi connectivity index (χ2n) is 14.5. The second-order valence-corrected chi connectivity index (χ2v) is 16.0. The molecule has 12 heteroatoms. The summed E-state index contributed by atoms with van der Waals surface area (Å²) >= 11 is 0. The maximum atomic E-state index is 12.3. The lowest BCUT2D eigenvalue weighted by molar-refractivity contribution is -0.147. The predicted molar refractivity (Wildman–Crippen MR) is 226 cm³/mol. The monoisotopic (exact) mass is 812 g/mol. The average Bonchev–Trinajstić information content (AvgIpc) is 3.17. The number of aliphatic hydroxyl groups excluding tert-OH is 1. The van der Waals surface area contributed by atoms with E-state index >= 15 is 0 Å². The van der Waals surface area contributed by atoms with Crippen LogP contribution in [0.5, 0.6) is 0 Å². The number of esters is 1. The van der Waals surface area contributed by atoms with Crippen LogP contribution in [0.3, 0.4) is 0 Å². The number of phosphoric acid groups is 1. The standard InChI is InChI=1S/C44H78NO10P/c1-3-5-7-9-11-13-15-17-18-19-20-21-22-24-25-27-29-31-33-35-42(47)45-41(44(49)50)39-55-56(51,52)54-38-40(46)37-53-43(48)36-34-32-30-28-26-23-16-14-12-10-8-6-4-2/h8,10-11,13-14,16-18,40-41,46H,3-7,9,12,15,19-39H2,1-2H3,(H,45,47)(H,49,50)(H,51,52)/b10-8-,13-11-,16-14-,18-17-. The fourth-order valence-corrected chi connectivity index (χ4v) is 6.45. The number of ether oxygens (including phenoxy) is 1. The van der Waals surface area contributed by atoms with Crippen molar-refractivity contribution in [3.63, 3.8) is 0 Å². The van der Waals surface area contributed by atoms with E-state index in [4.69, 9.17) is 13.8 Å². The third kappa shape index (κ3) is 38.3. The second kappa shape index (κ2) is 39.3.